The summed E-state index contributed by atoms with van der Waals surface area (Å²) in [6.07, 6.45) is 5.55. The molecule has 0 atom stereocenters. The molecule has 1 saturated heterocycles. The monoisotopic (exact) mass is 379 g/mol. The van der Waals surface area contributed by atoms with Crippen molar-refractivity contribution in [2.75, 3.05) is 26.2 Å². The van der Waals surface area contributed by atoms with Crippen molar-refractivity contribution in [1.82, 2.24) is 9.80 Å². The fraction of sp³-hybridized carbons (Fsp3) is 0.556. The van der Waals surface area contributed by atoms with E-state index in [9.17, 15) is 10.1 Å². The molecule has 27 heavy (non-hydrogen) atoms. The summed E-state index contributed by atoms with van der Waals surface area (Å²) in [7, 11) is 0. The molecule has 9 heteroatoms. The molecule has 0 spiro atoms. The van der Waals surface area contributed by atoms with Crippen molar-refractivity contribution in [1.29, 1.82) is 0 Å². The highest BCUT2D eigenvalue weighted by molar-refractivity contribution is 6.27. The molecule has 1 heterocycles. The van der Waals surface area contributed by atoms with Crippen molar-refractivity contribution in [3.8, 4) is 0 Å². The number of aliphatic carboxylic acids is 2. The molecular formula is C18H25N3O6. The van der Waals surface area contributed by atoms with Crippen LogP contribution in [0.4, 0.5) is 5.69 Å². The van der Waals surface area contributed by atoms with Crippen molar-refractivity contribution in [3.63, 3.8) is 0 Å². The van der Waals surface area contributed by atoms with Gasteiger partial charge in [-0.1, -0.05) is 25.0 Å². The first kappa shape index (κ1) is 20.8. The number of carbonyl (C=O) groups is 2. The number of rotatable bonds is 4. The molecule has 2 fully saturated rings. The first-order valence-corrected chi connectivity index (χ1v) is 9.02. The lowest BCUT2D eigenvalue weighted by atomic mass is 10.1. The molecule has 9 nitrogen and oxygen atoms in total. The molecule has 3 rings (SSSR count). The third kappa shape index (κ3) is 6.61. The number of piperazine rings is 1. The maximum absolute atomic E-state index is 10.7. The minimum Gasteiger partial charge on any atom is -0.473 e. The van der Waals surface area contributed by atoms with Crippen LogP contribution in [0.25, 0.3) is 0 Å². The second-order valence-electron chi connectivity index (χ2n) is 6.78. The summed E-state index contributed by atoms with van der Waals surface area (Å²) < 4.78 is 0. The Labute approximate surface area is 157 Å². The third-order valence-electron chi connectivity index (χ3n) is 4.98. The van der Waals surface area contributed by atoms with E-state index < -0.39 is 11.9 Å². The molecule has 0 bridgehead atoms. The number of nitro groups is 1. The molecule has 1 aliphatic heterocycles. The van der Waals surface area contributed by atoms with Crippen LogP contribution in [0.1, 0.15) is 31.2 Å². The molecule has 1 aromatic carbocycles. The van der Waals surface area contributed by atoms with Crippen LogP contribution in [0.15, 0.2) is 24.3 Å². The van der Waals surface area contributed by atoms with Crippen molar-refractivity contribution >= 4 is 17.6 Å². The van der Waals surface area contributed by atoms with Crippen molar-refractivity contribution < 1.29 is 24.7 Å². The van der Waals surface area contributed by atoms with Crippen LogP contribution in [0.2, 0.25) is 0 Å². The summed E-state index contributed by atoms with van der Waals surface area (Å²) in [5.74, 6) is -3.65. The van der Waals surface area contributed by atoms with Gasteiger partial charge in [-0.2, -0.15) is 0 Å². The summed E-state index contributed by atoms with van der Waals surface area (Å²) in [4.78, 5) is 33.6. The van der Waals surface area contributed by atoms with Crippen molar-refractivity contribution in [3.05, 3.63) is 39.9 Å². The van der Waals surface area contributed by atoms with Gasteiger partial charge in [0.25, 0.3) is 5.69 Å². The molecule has 2 N–H and O–H groups in total. The van der Waals surface area contributed by atoms with Gasteiger partial charge in [-0.05, 0) is 18.4 Å². The van der Waals surface area contributed by atoms with Crippen molar-refractivity contribution in [2.24, 2.45) is 0 Å². The second kappa shape index (κ2) is 9.98. The standard InChI is InChI=1S/C16H23N3O2.C2H2O4/c20-19(21)16-7-5-14(6-8-16)13-17-9-11-18(12-10-17)15-3-1-2-4-15;3-1(4)2(5)6/h5-8,15H,1-4,9-13H2;(H,3,4)(H,5,6). The minimum atomic E-state index is -1.82. The van der Waals surface area contributed by atoms with Gasteiger partial charge in [-0.3, -0.25) is 19.9 Å². The highest BCUT2D eigenvalue weighted by Gasteiger charge is 2.26. The number of hydrogen-bond donors (Lipinski definition) is 2. The highest BCUT2D eigenvalue weighted by Crippen LogP contribution is 2.24. The summed E-state index contributed by atoms with van der Waals surface area (Å²) in [5, 5.41) is 25.4. The Morgan fingerprint density at radius 2 is 1.52 bits per heavy atom. The molecule has 1 aliphatic carbocycles. The fourth-order valence-electron chi connectivity index (χ4n) is 3.54. The molecule has 0 unspecified atom stereocenters. The van der Waals surface area contributed by atoms with Gasteiger partial charge in [0.1, 0.15) is 0 Å². The van der Waals surface area contributed by atoms with Crippen LogP contribution in [0, 0.1) is 10.1 Å². The number of benzene rings is 1. The summed E-state index contributed by atoms with van der Waals surface area (Å²) in [6.45, 7) is 5.44. The normalized spacial score (nSPS) is 18.5. The van der Waals surface area contributed by atoms with Crippen LogP contribution in [-0.4, -0.2) is 69.1 Å². The third-order valence-corrected chi connectivity index (χ3v) is 4.98. The van der Waals surface area contributed by atoms with E-state index in [1.165, 1.54) is 25.7 Å². The van der Waals surface area contributed by atoms with Gasteiger partial charge in [-0.15, -0.1) is 0 Å². The number of hydrogen-bond acceptors (Lipinski definition) is 6. The molecule has 0 radical (unpaired) electrons. The summed E-state index contributed by atoms with van der Waals surface area (Å²) in [5.41, 5.74) is 1.33. The largest absolute Gasteiger partial charge is 0.473 e. The van der Waals surface area contributed by atoms with Gasteiger partial charge in [0.15, 0.2) is 0 Å². The Morgan fingerprint density at radius 3 is 1.96 bits per heavy atom. The zero-order valence-corrected chi connectivity index (χ0v) is 15.1. The van der Waals surface area contributed by atoms with E-state index in [1.54, 1.807) is 12.1 Å². The number of non-ortho nitro benzene ring substituents is 1. The SMILES string of the molecule is O=C(O)C(=O)O.O=[N+]([O-])c1ccc(CN2CCN(C3CCCC3)CC2)cc1. The smallest absolute Gasteiger partial charge is 0.414 e. The van der Waals surface area contributed by atoms with Gasteiger partial charge in [0.2, 0.25) is 0 Å². The first-order chi connectivity index (χ1) is 12.9. The van der Waals surface area contributed by atoms with E-state index in [2.05, 4.69) is 9.80 Å². The van der Waals surface area contributed by atoms with Crippen LogP contribution in [-0.2, 0) is 16.1 Å². The lowest BCUT2D eigenvalue weighted by molar-refractivity contribution is -0.384. The van der Waals surface area contributed by atoms with E-state index in [0.29, 0.717) is 0 Å². The van der Waals surface area contributed by atoms with Crippen LogP contribution >= 0.6 is 0 Å². The van der Waals surface area contributed by atoms with Crippen LogP contribution in [0.3, 0.4) is 0 Å². The maximum Gasteiger partial charge on any atom is 0.414 e. The zero-order valence-electron chi connectivity index (χ0n) is 15.1. The predicted molar refractivity (Wildman–Crippen MR) is 97.5 cm³/mol. The van der Waals surface area contributed by atoms with E-state index in [1.807, 2.05) is 12.1 Å². The van der Waals surface area contributed by atoms with Crippen LogP contribution < -0.4 is 0 Å². The summed E-state index contributed by atoms with van der Waals surface area (Å²) >= 11 is 0. The van der Waals surface area contributed by atoms with Gasteiger partial charge in [-0.25, -0.2) is 9.59 Å². The quantitative estimate of drug-likeness (QED) is 0.461. The lowest BCUT2D eigenvalue weighted by Crippen LogP contribution is -2.49. The molecular weight excluding hydrogens is 354 g/mol. The molecule has 148 valence electrons. The fourth-order valence-corrected chi connectivity index (χ4v) is 3.54. The molecule has 1 aromatic rings. The molecule has 0 amide bonds. The van der Waals surface area contributed by atoms with Gasteiger partial charge < -0.3 is 10.2 Å². The minimum absolute atomic E-state index is 0.171. The predicted octanol–water partition coefficient (Wildman–Crippen LogP) is 1.81. The number of nitrogens with zero attached hydrogens (tertiary/aromatic N) is 3. The molecule has 2 aliphatic rings. The van der Waals surface area contributed by atoms with Crippen LogP contribution in [0.5, 0.6) is 0 Å². The second-order valence-corrected chi connectivity index (χ2v) is 6.78. The zero-order chi connectivity index (χ0) is 19.8. The lowest BCUT2D eigenvalue weighted by Gasteiger charge is -2.38. The Balaban J connectivity index is 0.000000380. The molecule has 1 saturated carbocycles. The maximum atomic E-state index is 10.7. The Morgan fingerprint density at radius 1 is 1.00 bits per heavy atom. The Bertz CT molecular complexity index is 638. The number of nitro benzene ring substituents is 1. The van der Waals surface area contributed by atoms with E-state index in [0.717, 1.165) is 44.3 Å². The van der Waals surface area contributed by atoms with E-state index >= 15 is 0 Å². The van der Waals surface area contributed by atoms with Gasteiger partial charge in [0, 0.05) is 50.9 Å². The van der Waals surface area contributed by atoms with Crippen molar-refractivity contribution in [2.45, 2.75) is 38.3 Å². The van der Waals surface area contributed by atoms with Gasteiger partial charge in [0.05, 0.1) is 4.92 Å². The Hall–Kier alpha value is -2.52. The highest BCUT2D eigenvalue weighted by atomic mass is 16.6. The number of carboxylic acids is 2. The summed E-state index contributed by atoms with van der Waals surface area (Å²) in [6, 6.07) is 7.78. The molecule has 0 aromatic heterocycles. The first-order valence-electron chi connectivity index (χ1n) is 9.02. The average Bonchev–Trinajstić information content (AvgIpc) is 3.18. The van der Waals surface area contributed by atoms with Gasteiger partial charge >= 0.3 is 11.9 Å². The number of carboxylic acid groups (broad SMARTS) is 2. The average molecular weight is 379 g/mol. The van der Waals surface area contributed by atoms with E-state index in [-0.39, 0.29) is 10.6 Å². The topological polar surface area (TPSA) is 124 Å². The Kier molecular flexibility index (Phi) is 7.68. The van der Waals surface area contributed by atoms with E-state index in [4.69, 9.17) is 19.8 Å².